The highest BCUT2D eigenvalue weighted by Crippen LogP contribution is 2.51. The lowest BCUT2D eigenvalue weighted by Crippen LogP contribution is -2.04. The standard InChI is InChI=1S/C24H18N6O14S3/c1-11(31)25-13-2-4-14(5-3-13)26-28-21-18(46-44-42-37)8-12-9-19(47(38,39)40)22(24(33)20(12)23(21)32)29-27-16-7-6-15(30(34)35)10-17(16)45-43-41-36/h2-10,32-33,36-37H,1H3,(H,25,31)(H,38,39,40)/b28-26+,29-27+. The Morgan fingerprint density at radius 1 is 0.872 bits per heavy atom. The Labute approximate surface area is 270 Å². The van der Waals surface area contributed by atoms with Crippen LogP contribution in [0.3, 0.4) is 0 Å². The number of aromatic hydroxyl groups is 2. The van der Waals surface area contributed by atoms with Gasteiger partial charge in [0.05, 0.1) is 49.9 Å². The van der Waals surface area contributed by atoms with E-state index in [0.29, 0.717) is 17.7 Å². The maximum atomic E-state index is 12.3. The summed E-state index contributed by atoms with van der Waals surface area (Å²) in [6, 6.07) is 11.0. The molecule has 0 saturated heterocycles. The first-order chi connectivity index (χ1) is 22.3. The third-order valence-corrected chi connectivity index (χ3v) is 7.82. The van der Waals surface area contributed by atoms with Crippen LogP contribution in [-0.2, 0) is 33.7 Å². The number of nitro groups is 1. The van der Waals surface area contributed by atoms with Crippen LogP contribution in [0.25, 0.3) is 10.8 Å². The molecule has 4 rings (SSSR count). The Bertz CT molecular complexity index is 2010. The van der Waals surface area contributed by atoms with E-state index in [-0.39, 0.29) is 50.2 Å². The SMILES string of the molecule is CC(=O)Nc1ccc(/N=N/c2c(SOOO)cc3cc(S(=O)(=O)O)c(/N=N/c4ccc([N+](=O)[O-])cc4SOOO)c(O)c3c2O)cc1. The Morgan fingerprint density at radius 3 is 2.09 bits per heavy atom. The molecule has 20 nitrogen and oxygen atoms in total. The number of hydrogen-bond acceptors (Lipinski definition) is 19. The number of rotatable bonds is 13. The molecule has 246 valence electrons. The summed E-state index contributed by atoms with van der Waals surface area (Å²) in [5.74, 6) is -2.13. The maximum Gasteiger partial charge on any atom is 0.296 e. The number of azo groups is 2. The first kappa shape index (κ1) is 35.0. The summed E-state index contributed by atoms with van der Waals surface area (Å²) in [7, 11) is -5.14. The molecule has 0 spiro atoms. The van der Waals surface area contributed by atoms with Crippen LogP contribution in [0, 0.1) is 10.1 Å². The van der Waals surface area contributed by atoms with Crippen molar-refractivity contribution in [1.82, 2.24) is 0 Å². The summed E-state index contributed by atoms with van der Waals surface area (Å²) < 4.78 is 43.4. The molecule has 0 aliphatic heterocycles. The summed E-state index contributed by atoms with van der Waals surface area (Å²) in [6.07, 6.45) is 0. The van der Waals surface area contributed by atoms with E-state index in [2.05, 4.69) is 44.5 Å². The fourth-order valence-corrected chi connectivity index (χ4v) is 5.43. The number of carbonyl (C=O) groups is 1. The minimum absolute atomic E-state index is 0.128. The van der Waals surface area contributed by atoms with E-state index < -0.39 is 48.2 Å². The van der Waals surface area contributed by atoms with Crippen LogP contribution in [0.4, 0.5) is 34.1 Å². The van der Waals surface area contributed by atoms with Crippen molar-refractivity contribution in [2.24, 2.45) is 20.5 Å². The molecule has 4 aromatic rings. The maximum absolute atomic E-state index is 12.3. The highest BCUT2D eigenvalue weighted by Gasteiger charge is 2.27. The van der Waals surface area contributed by atoms with E-state index in [9.17, 15) is 38.1 Å². The van der Waals surface area contributed by atoms with Crippen molar-refractivity contribution in [3.63, 3.8) is 0 Å². The van der Waals surface area contributed by atoms with Crippen molar-refractivity contribution in [2.75, 3.05) is 5.32 Å². The van der Waals surface area contributed by atoms with Crippen molar-refractivity contribution in [1.29, 1.82) is 0 Å². The largest absolute Gasteiger partial charge is 0.505 e. The number of benzene rings is 4. The molecule has 23 heteroatoms. The van der Waals surface area contributed by atoms with Gasteiger partial charge in [0.2, 0.25) is 5.91 Å². The second-order valence-corrected chi connectivity index (χ2v) is 11.6. The highest BCUT2D eigenvalue weighted by atomic mass is 32.2. The average Bonchev–Trinajstić information content (AvgIpc) is 3.01. The van der Waals surface area contributed by atoms with E-state index in [0.717, 1.165) is 30.3 Å². The van der Waals surface area contributed by atoms with E-state index in [4.69, 9.17) is 10.5 Å². The molecule has 0 saturated carbocycles. The molecular weight excluding hydrogens is 692 g/mol. The third-order valence-electron chi connectivity index (χ3n) is 5.70. The van der Waals surface area contributed by atoms with Gasteiger partial charge in [-0.15, -0.1) is 24.0 Å². The summed E-state index contributed by atoms with van der Waals surface area (Å²) in [4.78, 5) is 20.4. The van der Waals surface area contributed by atoms with Crippen molar-refractivity contribution in [2.45, 2.75) is 21.6 Å². The second-order valence-electron chi connectivity index (χ2n) is 8.71. The van der Waals surface area contributed by atoms with Crippen LogP contribution in [0.5, 0.6) is 11.5 Å². The van der Waals surface area contributed by atoms with Crippen LogP contribution in [-0.4, -0.2) is 44.5 Å². The summed E-state index contributed by atoms with van der Waals surface area (Å²) >= 11 is 0.569. The number of fused-ring (bicyclic) bond motifs is 1. The van der Waals surface area contributed by atoms with E-state index in [1.807, 2.05) is 0 Å². The Morgan fingerprint density at radius 2 is 1.49 bits per heavy atom. The van der Waals surface area contributed by atoms with Gasteiger partial charge >= 0.3 is 0 Å². The van der Waals surface area contributed by atoms with Gasteiger partial charge in [0.25, 0.3) is 15.8 Å². The number of non-ortho nitro benzene ring substituents is 1. The number of amides is 1. The van der Waals surface area contributed by atoms with Crippen molar-refractivity contribution < 1.29 is 62.2 Å². The monoisotopic (exact) mass is 710 g/mol. The fourth-order valence-electron chi connectivity index (χ4n) is 3.81. The third kappa shape index (κ3) is 8.51. The van der Waals surface area contributed by atoms with Crippen LogP contribution in [0.2, 0.25) is 0 Å². The summed E-state index contributed by atoms with van der Waals surface area (Å²) in [5.41, 5.74) is -1.20. The smallest absolute Gasteiger partial charge is 0.296 e. The minimum atomic E-state index is -5.14. The number of anilines is 1. The lowest BCUT2D eigenvalue weighted by molar-refractivity contribution is -0.432. The molecule has 0 unspecified atom stereocenters. The van der Waals surface area contributed by atoms with E-state index in [1.54, 1.807) is 0 Å². The Balaban J connectivity index is 1.89. The predicted molar refractivity (Wildman–Crippen MR) is 161 cm³/mol. The van der Waals surface area contributed by atoms with Gasteiger partial charge in [-0.05, 0) is 47.9 Å². The molecule has 0 bridgehead atoms. The molecule has 6 N–H and O–H groups in total. The number of carbonyl (C=O) groups excluding carboxylic acids is 1. The second kappa shape index (κ2) is 15.2. The molecule has 1 amide bonds. The summed E-state index contributed by atoms with van der Waals surface area (Å²) in [6.45, 7) is 1.32. The van der Waals surface area contributed by atoms with Gasteiger partial charge < -0.3 is 15.5 Å². The number of phenols is 2. The number of phenolic OH excluding ortho intramolecular Hbond substituents is 2. The number of nitro benzene ring substituents is 1. The molecular formula is C24H18N6O14S3. The van der Waals surface area contributed by atoms with Crippen molar-refractivity contribution >= 4 is 85.0 Å². The molecule has 47 heavy (non-hydrogen) atoms. The zero-order chi connectivity index (χ0) is 34.3. The van der Waals surface area contributed by atoms with Gasteiger partial charge in [-0.3, -0.25) is 19.5 Å². The molecule has 0 aliphatic rings. The quantitative estimate of drug-likeness (QED) is 0.0202. The Kier molecular flexibility index (Phi) is 11.3. The topological polar surface area (TPSA) is 294 Å². The van der Waals surface area contributed by atoms with Gasteiger partial charge in [-0.1, -0.05) is 10.1 Å². The van der Waals surface area contributed by atoms with Gasteiger partial charge in [-0.2, -0.15) is 13.5 Å². The molecule has 0 heterocycles. The minimum Gasteiger partial charge on any atom is -0.505 e. The lowest BCUT2D eigenvalue weighted by Gasteiger charge is -2.13. The number of nitrogens with one attached hydrogen (secondary N) is 1. The zero-order valence-corrected chi connectivity index (χ0v) is 25.5. The van der Waals surface area contributed by atoms with Gasteiger partial charge in [0.1, 0.15) is 22.0 Å². The first-order valence-electron chi connectivity index (χ1n) is 12.2. The van der Waals surface area contributed by atoms with Gasteiger partial charge in [0.15, 0.2) is 11.5 Å². The van der Waals surface area contributed by atoms with Crippen LogP contribution >= 0.6 is 24.1 Å². The lowest BCUT2D eigenvalue weighted by atomic mass is 10.1. The fraction of sp³-hybridized carbons (Fsp3) is 0.0417. The van der Waals surface area contributed by atoms with Crippen LogP contribution in [0.15, 0.2) is 89.7 Å². The number of hydrogen-bond donors (Lipinski definition) is 6. The average molecular weight is 711 g/mol. The van der Waals surface area contributed by atoms with E-state index >= 15 is 0 Å². The molecule has 0 aliphatic carbocycles. The molecule has 0 atom stereocenters. The highest BCUT2D eigenvalue weighted by molar-refractivity contribution is 7.95. The van der Waals surface area contributed by atoms with Crippen LogP contribution < -0.4 is 5.32 Å². The molecule has 0 aromatic heterocycles. The van der Waals surface area contributed by atoms with Crippen LogP contribution in [0.1, 0.15) is 6.92 Å². The molecule has 0 radical (unpaired) electrons. The Hall–Kier alpha value is -4.82. The molecule has 4 aromatic carbocycles. The van der Waals surface area contributed by atoms with Crippen molar-refractivity contribution in [3.05, 3.63) is 64.7 Å². The zero-order valence-electron chi connectivity index (χ0n) is 23.1. The first-order valence-corrected chi connectivity index (χ1v) is 15.1. The predicted octanol–water partition coefficient (Wildman–Crippen LogP) is 7.05. The number of nitrogens with zero attached hydrogens (tertiary/aromatic N) is 5. The summed E-state index contributed by atoms with van der Waals surface area (Å²) in [5, 5.41) is 75.2. The van der Waals surface area contributed by atoms with Crippen molar-refractivity contribution in [3.8, 4) is 11.5 Å². The normalized spacial score (nSPS) is 11.9. The van der Waals surface area contributed by atoms with Gasteiger partial charge in [-0.25, -0.2) is 10.5 Å². The molecule has 0 fully saturated rings. The van der Waals surface area contributed by atoms with E-state index in [1.165, 1.54) is 31.2 Å². The van der Waals surface area contributed by atoms with Gasteiger partial charge in [0, 0.05) is 24.7 Å².